The lowest BCUT2D eigenvalue weighted by molar-refractivity contribution is -0.0515. The zero-order valence-electron chi connectivity index (χ0n) is 28.6. The summed E-state index contributed by atoms with van der Waals surface area (Å²) in [5, 5.41) is 0.465. The molecule has 0 amide bonds. The van der Waals surface area contributed by atoms with Gasteiger partial charge in [0.05, 0.1) is 48.4 Å². The molecule has 3 fully saturated rings. The number of carbonyl (C=O) groups is 1. The summed E-state index contributed by atoms with van der Waals surface area (Å²) < 4.78 is 82.9. The van der Waals surface area contributed by atoms with Crippen LogP contribution in [0.1, 0.15) is 53.3 Å². The van der Waals surface area contributed by atoms with Crippen molar-refractivity contribution < 1.29 is 45.7 Å². The second kappa shape index (κ2) is 17.1. The number of alkyl halides is 2. The molecule has 3 aromatic rings. The number of aromatic nitrogens is 1. The van der Waals surface area contributed by atoms with Gasteiger partial charge in [0.2, 0.25) is 10.0 Å². The maximum atomic E-state index is 14.3. The van der Waals surface area contributed by atoms with Crippen molar-refractivity contribution in [3.05, 3.63) is 75.5 Å². The van der Waals surface area contributed by atoms with Crippen molar-refractivity contribution in [2.24, 2.45) is 11.8 Å². The summed E-state index contributed by atoms with van der Waals surface area (Å²) in [6.07, 6.45) is 6.71. The van der Waals surface area contributed by atoms with Crippen molar-refractivity contribution in [1.82, 2.24) is 9.88 Å². The Morgan fingerprint density at radius 1 is 1.00 bits per heavy atom. The molecule has 1 saturated heterocycles. The van der Waals surface area contributed by atoms with E-state index in [0.717, 1.165) is 31.9 Å². The first-order chi connectivity index (χ1) is 25.0. The zero-order valence-corrected chi connectivity index (χ0v) is 31.0. The van der Waals surface area contributed by atoms with E-state index in [1.54, 1.807) is 12.1 Å². The van der Waals surface area contributed by atoms with Crippen LogP contribution in [-0.2, 0) is 25.9 Å². The lowest BCUT2D eigenvalue weighted by Crippen LogP contribution is -2.43. The lowest BCUT2D eigenvalue weighted by Gasteiger charge is -2.31. The first-order valence-electron chi connectivity index (χ1n) is 17.2. The number of hydrogen-bond donors (Lipinski definition) is 0. The number of ether oxygens (including phenoxy) is 5. The summed E-state index contributed by atoms with van der Waals surface area (Å²) in [5.41, 5.74) is 1.06. The highest BCUT2D eigenvalue weighted by Gasteiger charge is 2.31. The minimum Gasteiger partial charge on any atom is -0.490 e. The minimum atomic E-state index is -3.82. The molecule has 0 bridgehead atoms. The van der Waals surface area contributed by atoms with Crippen LogP contribution in [0.25, 0.3) is 0 Å². The number of nitrogens with zero attached hydrogens (tertiary/aromatic N) is 3. The van der Waals surface area contributed by atoms with Gasteiger partial charge < -0.3 is 23.7 Å². The number of carbonyl (C=O) groups excluding carboxylic acids is 1. The molecular formula is C36H41Cl2F2N3O8S. The third-order valence-electron chi connectivity index (χ3n) is 9.08. The molecule has 2 aromatic carbocycles. The number of sulfonamides is 1. The van der Waals surface area contributed by atoms with Gasteiger partial charge in [-0.3, -0.25) is 14.2 Å². The van der Waals surface area contributed by atoms with Gasteiger partial charge in [0.25, 0.3) is 0 Å². The fraction of sp³-hybridized carbons (Fsp3) is 0.500. The van der Waals surface area contributed by atoms with E-state index in [0.29, 0.717) is 56.5 Å². The predicted octanol–water partition coefficient (Wildman–Crippen LogP) is 6.81. The van der Waals surface area contributed by atoms with Gasteiger partial charge >= 0.3 is 12.6 Å². The Morgan fingerprint density at radius 3 is 2.31 bits per heavy atom. The van der Waals surface area contributed by atoms with Gasteiger partial charge in [0.15, 0.2) is 17.2 Å². The molecule has 0 spiro atoms. The number of pyridine rings is 1. The van der Waals surface area contributed by atoms with Gasteiger partial charge in [0.1, 0.15) is 11.7 Å². The smallest absolute Gasteiger partial charge is 0.387 e. The standard InChI is InChI=1S/C36H41Cl2F2N3O8S/c1-52(45,46)43(12-11-42-13-15-47-16-14-42)30-4-2-3-26(34(30)49-22-24-7-8-24)35(44)50-32(18-27-28(37)19-41-20-29(27)38)25-9-10-31(51-36(39)40)33(17-25)48-21-23-5-6-23/h2-4,9-10,17,19-20,23-24,32,36H,5-8,11-16,18,21-22H2,1H3/t32-/m0/s1. The topological polar surface area (TPSA) is 117 Å². The normalized spacial score (nSPS) is 17.1. The molecule has 0 N–H and O–H groups in total. The molecular weight excluding hydrogens is 743 g/mol. The van der Waals surface area contributed by atoms with Crippen molar-refractivity contribution >= 4 is 44.9 Å². The second-order valence-electron chi connectivity index (χ2n) is 13.2. The first-order valence-corrected chi connectivity index (χ1v) is 19.8. The van der Waals surface area contributed by atoms with Crippen LogP contribution in [0.5, 0.6) is 17.2 Å². The van der Waals surface area contributed by atoms with Crippen LogP contribution >= 0.6 is 23.2 Å². The molecule has 1 atom stereocenters. The summed E-state index contributed by atoms with van der Waals surface area (Å²) in [5.74, 6) is -0.229. The molecule has 1 aliphatic heterocycles. The molecule has 282 valence electrons. The summed E-state index contributed by atoms with van der Waals surface area (Å²) >= 11 is 13.0. The SMILES string of the molecule is CS(=O)(=O)N(CCN1CCOCC1)c1cccc(C(=O)O[C@@H](Cc2c(Cl)cncc2Cl)c2ccc(OC(F)F)c(OCC3CC3)c2)c1OCC1CC1. The van der Waals surface area contributed by atoms with E-state index in [9.17, 15) is 22.0 Å². The van der Waals surface area contributed by atoms with Crippen LogP contribution in [-0.4, -0.2) is 89.7 Å². The predicted molar refractivity (Wildman–Crippen MR) is 192 cm³/mol. The molecule has 0 radical (unpaired) electrons. The molecule has 1 aromatic heterocycles. The highest BCUT2D eigenvalue weighted by Crippen LogP contribution is 2.41. The summed E-state index contributed by atoms with van der Waals surface area (Å²) in [6.45, 7) is 0.540. The molecule has 16 heteroatoms. The van der Waals surface area contributed by atoms with Crippen molar-refractivity contribution in [2.45, 2.75) is 44.8 Å². The monoisotopic (exact) mass is 783 g/mol. The highest BCUT2D eigenvalue weighted by atomic mass is 35.5. The Labute approximate surface area is 312 Å². The second-order valence-corrected chi connectivity index (χ2v) is 15.9. The Bertz CT molecular complexity index is 1800. The third kappa shape index (κ3) is 10.4. The van der Waals surface area contributed by atoms with Gasteiger partial charge in [-0.25, -0.2) is 13.2 Å². The van der Waals surface area contributed by atoms with E-state index >= 15 is 0 Å². The van der Waals surface area contributed by atoms with Crippen LogP contribution < -0.4 is 18.5 Å². The number of morpholine rings is 1. The van der Waals surface area contributed by atoms with Crippen molar-refractivity contribution in [1.29, 1.82) is 0 Å². The van der Waals surface area contributed by atoms with Gasteiger partial charge in [-0.05, 0) is 72.9 Å². The van der Waals surface area contributed by atoms with E-state index in [2.05, 4.69) is 9.88 Å². The minimum absolute atomic E-state index is 0.0120. The average molecular weight is 785 g/mol. The number of esters is 1. The number of halogens is 4. The summed E-state index contributed by atoms with van der Waals surface area (Å²) in [4.78, 5) is 20.4. The van der Waals surface area contributed by atoms with E-state index in [-0.39, 0.29) is 64.0 Å². The maximum Gasteiger partial charge on any atom is 0.387 e. The number of benzene rings is 2. The Hall–Kier alpha value is -3.43. The molecule has 6 rings (SSSR count). The van der Waals surface area contributed by atoms with Crippen LogP contribution in [0.4, 0.5) is 14.5 Å². The molecule has 0 unspecified atom stereocenters. The molecule has 11 nitrogen and oxygen atoms in total. The van der Waals surface area contributed by atoms with E-state index in [4.69, 9.17) is 46.9 Å². The highest BCUT2D eigenvalue weighted by molar-refractivity contribution is 7.92. The van der Waals surface area contributed by atoms with Gasteiger partial charge in [-0.2, -0.15) is 8.78 Å². The maximum absolute atomic E-state index is 14.3. The van der Waals surface area contributed by atoms with Gasteiger partial charge in [-0.1, -0.05) is 35.3 Å². The lowest BCUT2D eigenvalue weighted by atomic mass is 10.0. The van der Waals surface area contributed by atoms with Gasteiger partial charge in [0, 0.05) is 45.0 Å². The van der Waals surface area contributed by atoms with E-state index < -0.39 is 28.7 Å². The van der Waals surface area contributed by atoms with Gasteiger partial charge in [-0.15, -0.1) is 0 Å². The fourth-order valence-electron chi connectivity index (χ4n) is 5.80. The van der Waals surface area contributed by atoms with Crippen LogP contribution in [0.2, 0.25) is 10.0 Å². The molecule has 3 aliphatic rings. The Kier molecular flexibility index (Phi) is 12.6. The van der Waals surface area contributed by atoms with Crippen LogP contribution in [0, 0.1) is 11.8 Å². The molecule has 2 saturated carbocycles. The largest absolute Gasteiger partial charge is 0.490 e. The number of anilines is 1. The average Bonchev–Trinajstić information content (AvgIpc) is 4.04. The Morgan fingerprint density at radius 2 is 1.67 bits per heavy atom. The number of hydrogen-bond acceptors (Lipinski definition) is 10. The molecule has 2 aliphatic carbocycles. The van der Waals surface area contributed by atoms with Crippen molar-refractivity contribution in [3.63, 3.8) is 0 Å². The fourth-order valence-corrected chi connectivity index (χ4v) is 7.24. The summed E-state index contributed by atoms with van der Waals surface area (Å²) in [6, 6.07) is 9.04. The quantitative estimate of drug-likeness (QED) is 0.128. The number of rotatable bonds is 18. The molecule has 2 heterocycles. The summed E-state index contributed by atoms with van der Waals surface area (Å²) in [7, 11) is -3.82. The zero-order chi connectivity index (χ0) is 36.8. The van der Waals surface area contributed by atoms with E-state index in [1.165, 1.54) is 41.0 Å². The Balaban J connectivity index is 1.35. The van der Waals surface area contributed by atoms with Crippen molar-refractivity contribution in [3.8, 4) is 17.2 Å². The first kappa shape index (κ1) is 38.3. The third-order valence-corrected chi connectivity index (χ3v) is 10.9. The van der Waals surface area contributed by atoms with Crippen LogP contribution in [0.3, 0.4) is 0 Å². The van der Waals surface area contributed by atoms with E-state index in [1.807, 2.05) is 0 Å². The van der Waals surface area contributed by atoms with Crippen molar-refractivity contribution in [2.75, 3.05) is 63.2 Å². The molecule has 52 heavy (non-hydrogen) atoms. The number of para-hydroxylation sites is 1. The van der Waals surface area contributed by atoms with Crippen LogP contribution in [0.15, 0.2) is 48.8 Å².